The molecule has 7 heteroatoms. The second-order valence-corrected chi connectivity index (χ2v) is 6.96. The van der Waals surface area contributed by atoms with Crippen molar-refractivity contribution in [2.24, 2.45) is 0 Å². The Bertz CT molecular complexity index is 745. The minimum absolute atomic E-state index is 0.303. The minimum Gasteiger partial charge on any atom is -0.368 e. The van der Waals surface area contributed by atoms with Crippen molar-refractivity contribution in [3.8, 4) is 0 Å². The smallest absolute Gasteiger partial charge is 0.188 e. The molecule has 2 saturated heterocycles. The van der Waals surface area contributed by atoms with E-state index in [1.54, 1.807) is 0 Å². The lowest BCUT2D eigenvalue weighted by molar-refractivity contribution is -0.370. The molecular weight excluding hydrogens is 379 g/mol. The third-order valence-corrected chi connectivity index (χ3v) is 5.13. The van der Waals surface area contributed by atoms with Crippen LogP contribution in [0.2, 0.25) is 0 Å². The maximum Gasteiger partial charge on any atom is 0.188 e. The van der Waals surface area contributed by atoms with Crippen LogP contribution in [0.3, 0.4) is 0 Å². The number of alkyl halides is 1. The lowest BCUT2D eigenvalue weighted by Crippen LogP contribution is -2.63. The van der Waals surface area contributed by atoms with Gasteiger partial charge in [0, 0.05) is 12.7 Å². The Morgan fingerprint density at radius 2 is 1.66 bits per heavy atom. The Labute approximate surface area is 169 Å². The normalized spacial score (nSPS) is 31.9. The fourth-order valence-corrected chi connectivity index (χ4v) is 3.72. The van der Waals surface area contributed by atoms with Gasteiger partial charge in [0.25, 0.3) is 0 Å². The van der Waals surface area contributed by atoms with Crippen molar-refractivity contribution in [2.45, 2.75) is 43.6 Å². The van der Waals surface area contributed by atoms with Crippen molar-refractivity contribution in [1.82, 2.24) is 0 Å². The molecule has 2 aliphatic heterocycles. The second kappa shape index (κ2) is 9.75. The summed E-state index contributed by atoms with van der Waals surface area (Å²) in [4.78, 5) is 0. The van der Waals surface area contributed by atoms with Crippen LogP contribution in [0.5, 0.6) is 0 Å². The molecule has 6 atom stereocenters. The van der Waals surface area contributed by atoms with E-state index in [1.165, 1.54) is 7.11 Å². The van der Waals surface area contributed by atoms with Gasteiger partial charge >= 0.3 is 0 Å². The van der Waals surface area contributed by atoms with Gasteiger partial charge in [-0.25, -0.2) is 4.39 Å². The van der Waals surface area contributed by atoms with Crippen LogP contribution < -0.4 is 0 Å². The van der Waals surface area contributed by atoms with Crippen LogP contribution in [0, 0.1) is 0 Å². The Morgan fingerprint density at radius 1 is 0.931 bits per heavy atom. The molecule has 0 saturated carbocycles. The van der Waals surface area contributed by atoms with Crippen LogP contribution in [-0.2, 0) is 35.0 Å². The first kappa shape index (κ1) is 20.4. The zero-order chi connectivity index (χ0) is 20.1. The molecule has 0 bridgehead atoms. The molecule has 0 spiro atoms. The average molecular weight is 404 g/mol. The Kier molecular flexibility index (Phi) is 6.86. The summed E-state index contributed by atoms with van der Waals surface area (Å²) in [5, 5.41) is 0. The number of hydrogen-bond donors (Lipinski definition) is 0. The van der Waals surface area contributed by atoms with Crippen LogP contribution >= 0.6 is 0 Å². The van der Waals surface area contributed by atoms with Crippen LogP contribution in [0.4, 0.5) is 4.39 Å². The van der Waals surface area contributed by atoms with Crippen LogP contribution in [0.15, 0.2) is 60.7 Å². The van der Waals surface area contributed by atoms with Gasteiger partial charge in [0.1, 0.15) is 24.4 Å². The van der Waals surface area contributed by atoms with Gasteiger partial charge in [-0.3, -0.25) is 0 Å². The molecule has 0 aliphatic carbocycles. The van der Waals surface area contributed by atoms with Gasteiger partial charge in [0.15, 0.2) is 19.4 Å². The van der Waals surface area contributed by atoms with E-state index in [4.69, 9.17) is 28.4 Å². The number of methoxy groups -OCH3 is 1. The third kappa shape index (κ3) is 4.66. The van der Waals surface area contributed by atoms with Gasteiger partial charge in [0.2, 0.25) is 0 Å². The Hall–Kier alpha value is -1.87. The molecule has 0 N–H and O–H groups in total. The molecule has 2 aromatic carbocycles. The van der Waals surface area contributed by atoms with Crippen LogP contribution in [0.25, 0.3) is 0 Å². The molecule has 156 valence electrons. The van der Waals surface area contributed by atoms with Gasteiger partial charge in [-0.15, -0.1) is 0 Å². The van der Waals surface area contributed by atoms with Crippen molar-refractivity contribution < 1.29 is 32.8 Å². The summed E-state index contributed by atoms with van der Waals surface area (Å²) in [7, 11) is 1.49. The number of fused-ring (bicyclic) bond motifs is 1. The van der Waals surface area contributed by atoms with E-state index in [-0.39, 0.29) is 0 Å². The first-order valence-corrected chi connectivity index (χ1v) is 9.63. The van der Waals surface area contributed by atoms with Gasteiger partial charge in [0.05, 0.1) is 13.2 Å². The molecule has 2 heterocycles. The number of benzene rings is 2. The molecule has 0 aromatic heterocycles. The first-order valence-electron chi connectivity index (χ1n) is 9.63. The Morgan fingerprint density at radius 3 is 2.34 bits per heavy atom. The topological polar surface area (TPSA) is 55.4 Å². The number of hydrogen-bond acceptors (Lipinski definition) is 6. The lowest BCUT2D eigenvalue weighted by atomic mass is 9.97. The summed E-state index contributed by atoms with van der Waals surface area (Å²) >= 11 is 0. The van der Waals surface area contributed by atoms with Crippen molar-refractivity contribution in [3.63, 3.8) is 0 Å². The fourth-order valence-electron chi connectivity index (χ4n) is 3.72. The first-order chi connectivity index (χ1) is 14.3. The van der Waals surface area contributed by atoms with E-state index in [1.807, 2.05) is 60.7 Å². The van der Waals surface area contributed by atoms with E-state index in [0.29, 0.717) is 13.2 Å². The van der Waals surface area contributed by atoms with E-state index in [9.17, 15) is 4.39 Å². The average Bonchev–Trinajstić information content (AvgIpc) is 2.79. The van der Waals surface area contributed by atoms with E-state index in [2.05, 4.69) is 0 Å². The Balaban J connectivity index is 1.55. The predicted octanol–water partition coefficient (Wildman–Crippen LogP) is 3.37. The summed E-state index contributed by atoms with van der Waals surface area (Å²) in [6, 6.07) is 19.4. The van der Waals surface area contributed by atoms with Crippen molar-refractivity contribution in [3.05, 3.63) is 71.8 Å². The molecule has 4 rings (SSSR count). The zero-order valence-corrected chi connectivity index (χ0v) is 16.2. The van der Waals surface area contributed by atoms with Gasteiger partial charge in [-0.2, -0.15) is 0 Å². The summed E-state index contributed by atoms with van der Waals surface area (Å²) in [6.07, 6.45) is -3.63. The fraction of sp³-hybridized carbons (Fsp3) is 0.455. The molecular formula is C22H25FO6. The number of halogens is 1. The van der Waals surface area contributed by atoms with Crippen molar-refractivity contribution in [1.29, 1.82) is 0 Å². The summed E-state index contributed by atoms with van der Waals surface area (Å²) < 4.78 is 48.0. The highest BCUT2D eigenvalue weighted by molar-refractivity contribution is 5.17. The van der Waals surface area contributed by atoms with Crippen molar-refractivity contribution >= 4 is 0 Å². The summed E-state index contributed by atoms with van der Waals surface area (Å²) in [6.45, 7) is -0.343. The van der Waals surface area contributed by atoms with Gasteiger partial charge < -0.3 is 28.4 Å². The SMILES string of the molecule is COC1O[C@@H]2COC(c3ccccc3)O[C@H]2[C@H](OCc2ccccc2)[C@H]1OCF. The van der Waals surface area contributed by atoms with Crippen molar-refractivity contribution in [2.75, 3.05) is 20.6 Å². The highest BCUT2D eigenvalue weighted by Crippen LogP contribution is 2.36. The molecule has 29 heavy (non-hydrogen) atoms. The van der Waals surface area contributed by atoms with Gasteiger partial charge in [-0.05, 0) is 5.56 Å². The molecule has 2 aromatic rings. The molecule has 2 aliphatic rings. The largest absolute Gasteiger partial charge is 0.368 e. The molecule has 2 fully saturated rings. The molecule has 6 nitrogen and oxygen atoms in total. The molecule has 0 radical (unpaired) electrons. The quantitative estimate of drug-likeness (QED) is 0.705. The van der Waals surface area contributed by atoms with E-state index >= 15 is 0 Å². The lowest BCUT2D eigenvalue weighted by Gasteiger charge is -2.48. The minimum atomic E-state index is -0.977. The van der Waals surface area contributed by atoms with E-state index < -0.39 is 43.9 Å². The summed E-state index contributed by atoms with van der Waals surface area (Å²) in [5.74, 6) is 0. The standard InChI is InChI=1S/C22H25FO6/c1-24-22-20(27-14-23)19(25-12-15-8-4-2-5-9-15)18-17(28-22)13-26-21(29-18)16-10-6-3-7-11-16/h2-11,17-22H,12-14H2,1H3/t17-,18-,19+,20-,21?,22?/m1/s1. The predicted molar refractivity (Wildman–Crippen MR) is 102 cm³/mol. The van der Waals surface area contributed by atoms with Crippen LogP contribution in [-0.4, -0.2) is 51.3 Å². The van der Waals surface area contributed by atoms with E-state index in [0.717, 1.165) is 11.1 Å². The monoisotopic (exact) mass is 404 g/mol. The molecule has 2 unspecified atom stereocenters. The van der Waals surface area contributed by atoms with Crippen LogP contribution in [0.1, 0.15) is 17.4 Å². The molecule has 0 amide bonds. The summed E-state index contributed by atoms with van der Waals surface area (Å²) in [5.41, 5.74) is 1.89. The third-order valence-electron chi connectivity index (χ3n) is 5.13. The maximum absolute atomic E-state index is 13.1. The maximum atomic E-state index is 13.1. The zero-order valence-electron chi connectivity index (χ0n) is 16.2. The number of ether oxygens (including phenoxy) is 6. The second-order valence-electron chi connectivity index (χ2n) is 6.96. The number of rotatable bonds is 7. The van der Waals surface area contributed by atoms with Gasteiger partial charge in [-0.1, -0.05) is 60.7 Å². The highest BCUT2D eigenvalue weighted by atomic mass is 19.1. The highest BCUT2D eigenvalue weighted by Gasteiger charge is 2.51.